The van der Waals surface area contributed by atoms with Gasteiger partial charge < -0.3 is 10.1 Å². The first-order valence-corrected chi connectivity index (χ1v) is 8.33. The van der Waals surface area contributed by atoms with Crippen LogP contribution in [-0.2, 0) is 4.79 Å². The molecule has 0 saturated carbocycles. The minimum Gasteiger partial charge on any atom is -0.494 e. The van der Waals surface area contributed by atoms with E-state index in [-0.39, 0.29) is 5.91 Å². The number of amidine groups is 1. The number of nitrogens with one attached hydrogen (secondary N) is 1. The van der Waals surface area contributed by atoms with Crippen molar-refractivity contribution in [2.45, 2.75) is 6.92 Å². The maximum Gasteiger partial charge on any atom is 0.264 e. The summed E-state index contributed by atoms with van der Waals surface area (Å²) in [6, 6.07) is 9.70. The number of carbonyl (C=O) groups excluding carboxylic acids is 1. The van der Waals surface area contributed by atoms with E-state index in [0.29, 0.717) is 21.5 Å². The van der Waals surface area contributed by atoms with Crippen LogP contribution in [-0.4, -0.2) is 18.2 Å². The van der Waals surface area contributed by atoms with E-state index in [1.807, 2.05) is 48.7 Å². The molecule has 1 aromatic carbocycles. The van der Waals surface area contributed by atoms with Crippen LogP contribution in [0.5, 0.6) is 5.75 Å². The molecule has 0 atom stereocenters. The molecule has 0 spiro atoms. The van der Waals surface area contributed by atoms with Crippen molar-refractivity contribution in [1.29, 1.82) is 0 Å². The van der Waals surface area contributed by atoms with Crippen LogP contribution >= 0.6 is 23.1 Å². The molecule has 1 fully saturated rings. The van der Waals surface area contributed by atoms with E-state index < -0.39 is 0 Å². The van der Waals surface area contributed by atoms with Gasteiger partial charge in [-0.3, -0.25) is 4.79 Å². The number of amides is 1. The van der Waals surface area contributed by atoms with Crippen LogP contribution in [0.1, 0.15) is 10.4 Å². The summed E-state index contributed by atoms with van der Waals surface area (Å²) in [4.78, 5) is 18.2. The lowest BCUT2D eigenvalue weighted by molar-refractivity contribution is -0.115. The van der Waals surface area contributed by atoms with Crippen LogP contribution in [0.15, 0.2) is 45.6 Å². The molecular formula is C16H14N2O2S2. The molecule has 1 amide bonds. The van der Waals surface area contributed by atoms with Crippen molar-refractivity contribution in [2.24, 2.45) is 4.99 Å². The van der Waals surface area contributed by atoms with E-state index in [1.165, 1.54) is 11.8 Å². The molecule has 112 valence electrons. The molecule has 1 aliphatic heterocycles. The van der Waals surface area contributed by atoms with Crippen LogP contribution < -0.4 is 10.1 Å². The predicted octanol–water partition coefficient (Wildman–Crippen LogP) is 3.96. The van der Waals surface area contributed by atoms with Gasteiger partial charge in [0.15, 0.2) is 5.17 Å². The van der Waals surface area contributed by atoms with Gasteiger partial charge >= 0.3 is 0 Å². The Morgan fingerprint density at radius 2 is 2.18 bits per heavy atom. The number of aliphatic imine (C=N–C) groups is 1. The van der Waals surface area contributed by atoms with Gasteiger partial charge in [0.1, 0.15) is 11.4 Å². The smallest absolute Gasteiger partial charge is 0.264 e. The fourth-order valence-corrected chi connectivity index (χ4v) is 3.54. The second-order valence-electron chi connectivity index (χ2n) is 4.67. The Balaban J connectivity index is 1.88. The zero-order valence-corrected chi connectivity index (χ0v) is 13.8. The molecule has 1 aromatic heterocycles. The van der Waals surface area contributed by atoms with E-state index in [1.54, 1.807) is 18.4 Å². The van der Waals surface area contributed by atoms with Crippen LogP contribution in [0, 0.1) is 6.92 Å². The van der Waals surface area contributed by atoms with Gasteiger partial charge in [-0.1, -0.05) is 12.1 Å². The van der Waals surface area contributed by atoms with Crippen molar-refractivity contribution in [3.63, 3.8) is 0 Å². The number of thioether (sulfide) groups is 1. The normalized spacial score (nSPS) is 18.0. The molecule has 2 heterocycles. The Morgan fingerprint density at radius 1 is 1.32 bits per heavy atom. The van der Waals surface area contributed by atoms with Crippen molar-refractivity contribution in [3.05, 3.63) is 51.1 Å². The average molecular weight is 330 g/mol. The monoisotopic (exact) mass is 330 g/mol. The zero-order valence-electron chi connectivity index (χ0n) is 12.1. The number of hydrogen-bond donors (Lipinski definition) is 1. The Labute approximate surface area is 136 Å². The minimum absolute atomic E-state index is 0.122. The highest BCUT2D eigenvalue weighted by Gasteiger charge is 2.24. The van der Waals surface area contributed by atoms with E-state index in [0.717, 1.165) is 10.4 Å². The molecule has 1 saturated heterocycles. The molecule has 0 unspecified atom stereocenters. The van der Waals surface area contributed by atoms with Gasteiger partial charge in [-0.05, 0) is 53.9 Å². The van der Waals surface area contributed by atoms with Crippen LogP contribution in [0.4, 0.5) is 5.69 Å². The van der Waals surface area contributed by atoms with Gasteiger partial charge in [-0.25, -0.2) is 4.99 Å². The summed E-state index contributed by atoms with van der Waals surface area (Å²) in [5.41, 5.74) is 1.80. The number of ether oxygens (including phenoxy) is 1. The van der Waals surface area contributed by atoms with E-state index in [9.17, 15) is 4.79 Å². The third-order valence-electron chi connectivity index (χ3n) is 3.02. The number of benzene rings is 1. The summed E-state index contributed by atoms with van der Waals surface area (Å²) in [6.07, 6.45) is 1.88. The number of methoxy groups -OCH3 is 1. The molecule has 6 heteroatoms. The number of aryl methyl sites for hydroxylation is 1. The van der Waals surface area contributed by atoms with Crippen molar-refractivity contribution in [2.75, 3.05) is 7.11 Å². The summed E-state index contributed by atoms with van der Waals surface area (Å²) in [5, 5.41) is 5.34. The maximum absolute atomic E-state index is 12.0. The lowest BCUT2D eigenvalue weighted by Crippen LogP contribution is -2.19. The number of rotatable bonds is 3. The molecule has 2 aromatic rings. The Hall–Kier alpha value is -2.05. The van der Waals surface area contributed by atoms with E-state index in [2.05, 4.69) is 10.3 Å². The number of hydrogen-bond acceptors (Lipinski definition) is 5. The second kappa shape index (κ2) is 6.37. The Kier molecular flexibility index (Phi) is 4.31. The van der Waals surface area contributed by atoms with Crippen molar-refractivity contribution < 1.29 is 9.53 Å². The summed E-state index contributed by atoms with van der Waals surface area (Å²) in [5.74, 6) is 0.562. The number of thiophene rings is 1. The first-order chi connectivity index (χ1) is 10.7. The van der Waals surface area contributed by atoms with Gasteiger partial charge in [-0.15, -0.1) is 11.3 Å². The van der Waals surface area contributed by atoms with Crippen LogP contribution in [0.25, 0.3) is 6.08 Å². The SMILES string of the molecule is COc1ccc(C)cc1N=C1NC(=O)/C(=C/c2cccs2)S1. The molecule has 0 radical (unpaired) electrons. The quantitative estimate of drug-likeness (QED) is 0.867. The van der Waals surface area contributed by atoms with Crippen molar-refractivity contribution >= 4 is 45.9 Å². The fourth-order valence-electron chi connectivity index (χ4n) is 1.98. The van der Waals surface area contributed by atoms with E-state index in [4.69, 9.17) is 4.74 Å². The molecule has 3 rings (SSSR count). The number of nitrogens with zero attached hydrogens (tertiary/aromatic N) is 1. The molecule has 4 nitrogen and oxygen atoms in total. The van der Waals surface area contributed by atoms with Gasteiger partial charge in [-0.2, -0.15) is 0 Å². The predicted molar refractivity (Wildman–Crippen MR) is 92.9 cm³/mol. The largest absolute Gasteiger partial charge is 0.494 e. The molecule has 22 heavy (non-hydrogen) atoms. The van der Waals surface area contributed by atoms with Gasteiger partial charge in [0.25, 0.3) is 5.91 Å². The molecule has 0 bridgehead atoms. The minimum atomic E-state index is -0.122. The second-order valence-corrected chi connectivity index (χ2v) is 6.68. The molecule has 1 aliphatic rings. The van der Waals surface area contributed by atoms with Crippen molar-refractivity contribution in [3.8, 4) is 5.75 Å². The standard InChI is InChI=1S/C16H14N2O2S2/c1-10-5-6-13(20-2)12(8-10)17-16-18-15(19)14(22-16)9-11-4-3-7-21-11/h3-9H,1-2H3,(H,17,18,19)/b14-9-. The third kappa shape index (κ3) is 3.23. The highest BCUT2D eigenvalue weighted by molar-refractivity contribution is 8.18. The average Bonchev–Trinajstić information content (AvgIpc) is 3.10. The number of carbonyl (C=O) groups is 1. The third-order valence-corrected chi connectivity index (χ3v) is 4.75. The van der Waals surface area contributed by atoms with Crippen LogP contribution in [0.2, 0.25) is 0 Å². The van der Waals surface area contributed by atoms with Gasteiger partial charge in [0, 0.05) is 4.88 Å². The molecular weight excluding hydrogens is 316 g/mol. The summed E-state index contributed by atoms with van der Waals surface area (Å²) >= 11 is 2.93. The first kappa shape index (κ1) is 14.9. The van der Waals surface area contributed by atoms with Crippen LogP contribution in [0.3, 0.4) is 0 Å². The first-order valence-electron chi connectivity index (χ1n) is 6.63. The maximum atomic E-state index is 12.0. The summed E-state index contributed by atoms with van der Waals surface area (Å²) in [6.45, 7) is 1.99. The lowest BCUT2D eigenvalue weighted by atomic mass is 10.2. The summed E-state index contributed by atoms with van der Waals surface area (Å²) < 4.78 is 5.31. The fraction of sp³-hybridized carbons (Fsp3) is 0.125. The Morgan fingerprint density at radius 3 is 2.91 bits per heavy atom. The highest BCUT2D eigenvalue weighted by Crippen LogP contribution is 2.33. The zero-order chi connectivity index (χ0) is 15.5. The molecule has 1 N–H and O–H groups in total. The topological polar surface area (TPSA) is 50.7 Å². The van der Waals surface area contributed by atoms with Gasteiger partial charge in [0.05, 0.1) is 12.0 Å². The van der Waals surface area contributed by atoms with E-state index >= 15 is 0 Å². The Bertz CT molecular complexity index is 764. The van der Waals surface area contributed by atoms with Gasteiger partial charge in [0.2, 0.25) is 0 Å². The lowest BCUT2D eigenvalue weighted by Gasteiger charge is -2.05. The highest BCUT2D eigenvalue weighted by atomic mass is 32.2. The summed E-state index contributed by atoms with van der Waals surface area (Å²) in [7, 11) is 1.61. The molecule has 0 aliphatic carbocycles. The van der Waals surface area contributed by atoms with Crippen molar-refractivity contribution in [1.82, 2.24) is 5.32 Å².